The Morgan fingerprint density at radius 3 is 2.77 bits per heavy atom. The van der Waals surface area contributed by atoms with E-state index in [0.717, 1.165) is 0 Å². The maximum atomic E-state index is 12.2. The molecule has 26 heavy (non-hydrogen) atoms. The van der Waals surface area contributed by atoms with Crippen molar-refractivity contribution in [1.82, 2.24) is 0 Å². The van der Waals surface area contributed by atoms with Crippen LogP contribution in [0.15, 0.2) is 23.2 Å². The molecule has 1 aromatic carbocycles. The summed E-state index contributed by atoms with van der Waals surface area (Å²) in [5.74, 6) is 0.690. The van der Waals surface area contributed by atoms with E-state index in [-0.39, 0.29) is 34.6 Å². The minimum Gasteiger partial charge on any atom is -0.495 e. The number of sulfone groups is 1. The smallest absolute Gasteiger partial charge is 0.248 e. The Labute approximate surface area is 162 Å². The first-order valence-electron chi connectivity index (χ1n) is 8.31. The summed E-state index contributed by atoms with van der Waals surface area (Å²) in [6.45, 7) is 3.92. The molecule has 142 valence electrons. The second-order valence-corrected chi connectivity index (χ2v) is 10.6. The molecule has 2 atom stereocenters. The highest BCUT2D eigenvalue weighted by Crippen LogP contribution is 2.42. The van der Waals surface area contributed by atoms with Crippen molar-refractivity contribution in [2.45, 2.75) is 31.6 Å². The summed E-state index contributed by atoms with van der Waals surface area (Å²) >= 11 is 7.60. The molecular weight excluding hydrogens is 396 g/mol. The van der Waals surface area contributed by atoms with E-state index in [9.17, 15) is 13.2 Å². The Morgan fingerprint density at radius 2 is 2.15 bits per heavy atom. The Bertz CT molecular complexity index is 854. The second kappa shape index (κ2) is 7.40. The third-order valence-electron chi connectivity index (χ3n) is 4.28. The second-order valence-electron chi connectivity index (χ2n) is 6.88. The lowest BCUT2D eigenvalue weighted by Crippen LogP contribution is -2.37. The molecule has 2 heterocycles. The van der Waals surface area contributed by atoms with Gasteiger partial charge in [-0.1, -0.05) is 37.2 Å². The Hall–Kier alpha value is -1.25. The van der Waals surface area contributed by atoms with E-state index in [1.165, 1.54) is 18.9 Å². The van der Waals surface area contributed by atoms with E-state index in [0.29, 0.717) is 28.0 Å². The van der Waals surface area contributed by atoms with Crippen molar-refractivity contribution in [2.24, 2.45) is 10.9 Å². The maximum Gasteiger partial charge on any atom is 0.248 e. The number of carbonyl (C=O) groups is 1. The van der Waals surface area contributed by atoms with E-state index in [1.807, 2.05) is 18.7 Å². The number of amides is 1. The summed E-state index contributed by atoms with van der Waals surface area (Å²) in [4.78, 5) is 18.3. The van der Waals surface area contributed by atoms with Crippen molar-refractivity contribution in [3.8, 4) is 5.75 Å². The van der Waals surface area contributed by atoms with Crippen LogP contribution in [-0.2, 0) is 14.6 Å². The van der Waals surface area contributed by atoms with Gasteiger partial charge in [0.2, 0.25) is 5.91 Å². The normalized spacial score (nSPS) is 25.7. The van der Waals surface area contributed by atoms with E-state index >= 15 is 0 Å². The Kier molecular flexibility index (Phi) is 5.55. The van der Waals surface area contributed by atoms with Crippen LogP contribution < -0.4 is 9.64 Å². The van der Waals surface area contributed by atoms with Crippen molar-refractivity contribution in [2.75, 3.05) is 23.5 Å². The molecule has 3 rings (SSSR count). The third-order valence-corrected chi connectivity index (χ3v) is 7.79. The molecule has 9 heteroatoms. The molecule has 2 aliphatic rings. The van der Waals surface area contributed by atoms with Crippen LogP contribution in [0.5, 0.6) is 5.75 Å². The quantitative estimate of drug-likeness (QED) is 0.750. The largest absolute Gasteiger partial charge is 0.495 e. The first-order chi connectivity index (χ1) is 12.2. The molecule has 2 aliphatic heterocycles. The van der Waals surface area contributed by atoms with E-state index in [2.05, 4.69) is 4.99 Å². The molecule has 0 N–H and O–H groups in total. The monoisotopic (exact) mass is 416 g/mol. The molecular formula is C17H21ClN2O4S2. The molecule has 0 spiro atoms. The van der Waals surface area contributed by atoms with Crippen molar-refractivity contribution in [1.29, 1.82) is 0 Å². The third kappa shape index (κ3) is 4.02. The van der Waals surface area contributed by atoms with Gasteiger partial charge in [0, 0.05) is 17.4 Å². The predicted octanol–water partition coefficient (Wildman–Crippen LogP) is 3.00. The summed E-state index contributed by atoms with van der Waals surface area (Å²) in [5, 5.41) is 0.834. The number of carbonyl (C=O) groups excluding carboxylic acids is 1. The summed E-state index contributed by atoms with van der Waals surface area (Å²) in [6, 6.07) is 5.00. The van der Waals surface area contributed by atoms with Gasteiger partial charge in [-0.2, -0.15) is 4.99 Å². The van der Waals surface area contributed by atoms with Gasteiger partial charge in [-0.15, -0.1) is 0 Å². The van der Waals surface area contributed by atoms with Crippen molar-refractivity contribution in [3.05, 3.63) is 23.2 Å². The van der Waals surface area contributed by atoms with Gasteiger partial charge in [0.15, 0.2) is 15.0 Å². The number of halogens is 1. The van der Waals surface area contributed by atoms with Crippen molar-refractivity contribution >= 4 is 50.0 Å². The zero-order chi connectivity index (χ0) is 19.1. The molecule has 0 saturated carbocycles. The zero-order valence-electron chi connectivity index (χ0n) is 14.8. The number of hydrogen-bond donors (Lipinski definition) is 0. The fourth-order valence-corrected chi connectivity index (χ4v) is 7.36. The highest BCUT2D eigenvalue weighted by Gasteiger charge is 2.49. The summed E-state index contributed by atoms with van der Waals surface area (Å²) in [6.07, 6.45) is 0.356. The van der Waals surface area contributed by atoms with Crippen LogP contribution in [0.25, 0.3) is 0 Å². The topological polar surface area (TPSA) is 76.0 Å². The summed E-state index contributed by atoms with van der Waals surface area (Å²) in [7, 11) is -1.57. The van der Waals surface area contributed by atoms with E-state index in [4.69, 9.17) is 16.3 Å². The standard InChI is InChI=1S/C17H21ClN2O4S2/c1-10(2)6-16(21)19-17-20(11-4-5-14(24-3)12(18)7-11)13-8-26(22,23)9-15(13)25-17/h4-5,7,10,13,15H,6,8-9H2,1-3H3/t13-,15+/m0/s1. The lowest BCUT2D eigenvalue weighted by atomic mass is 10.1. The molecule has 6 nitrogen and oxygen atoms in total. The number of benzene rings is 1. The summed E-state index contributed by atoms with van der Waals surface area (Å²) < 4.78 is 29.3. The van der Waals surface area contributed by atoms with Gasteiger partial charge in [-0.3, -0.25) is 4.79 Å². The minimum absolute atomic E-state index is 0.0473. The molecule has 1 aromatic rings. The van der Waals surface area contributed by atoms with E-state index in [1.54, 1.807) is 18.2 Å². The molecule has 1 amide bonds. The molecule has 0 unspecified atom stereocenters. The minimum atomic E-state index is -3.10. The number of fused-ring (bicyclic) bond motifs is 1. The summed E-state index contributed by atoms with van der Waals surface area (Å²) in [5.41, 5.74) is 0.712. The first-order valence-corrected chi connectivity index (χ1v) is 11.4. The lowest BCUT2D eigenvalue weighted by molar-refractivity contribution is -0.118. The van der Waals surface area contributed by atoms with Gasteiger partial charge in [0.05, 0.1) is 29.7 Å². The average Bonchev–Trinajstić information content (AvgIpc) is 2.97. The molecule has 0 bridgehead atoms. The van der Waals surface area contributed by atoms with Crippen LogP contribution in [-0.4, -0.2) is 49.4 Å². The number of ether oxygens (including phenoxy) is 1. The van der Waals surface area contributed by atoms with Crippen LogP contribution >= 0.6 is 23.4 Å². The zero-order valence-corrected chi connectivity index (χ0v) is 17.2. The lowest BCUT2D eigenvalue weighted by Gasteiger charge is -2.25. The highest BCUT2D eigenvalue weighted by atomic mass is 35.5. The number of nitrogens with zero attached hydrogens (tertiary/aromatic N) is 2. The van der Waals surface area contributed by atoms with Gasteiger partial charge in [-0.25, -0.2) is 8.42 Å². The van der Waals surface area contributed by atoms with Crippen LogP contribution in [0.1, 0.15) is 20.3 Å². The number of hydrogen-bond acceptors (Lipinski definition) is 5. The van der Waals surface area contributed by atoms with Crippen LogP contribution in [0.4, 0.5) is 5.69 Å². The predicted molar refractivity (Wildman–Crippen MR) is 106 cm³/mol. The van der Waals surface area contributed by atoms with Gasteiger partial charge >= 0.3 is 0 Å². The maximum absolute atomic E-state index is 12.2. The highest BCUT2D eigenvalue weighted by molar-refractivity contribution is 8.16. The Balaban J connectivity index is 1.99. The molecule has 2 saturated heterocycles. The number of amidine groups is 1. The molecule has 0 aliphatic carbocycles. The van der Waals surface area contributed by atoms with Crippen LogP contribution in [0.2, 0.25) is 5.02 Å². The number of thioether (sulfide) groups is 1. The number of rotatable bonds is 4. The fraction of sp³-hybridized carbons (Fsp3) is 0.529. The van der Waals surface area contributed by atoms with Crippen LogP contribution in [0, 0.1) is 5.92 Å². The molecule has 2 fully saturated rings. The van der Waals surface area contributed by atoms with Gasteiger partial charge < -0.3 is 9.64 Å². The SMILES string of the molecule is COc1ccc(N2C(=NC(=O)CC(C)C)S[C@@H]3CS(=O)(=O)C[C@@H]32)cc1Cl. The van der Waals surface area contributed by atoms with Crippen molar-refractivity contribution in [3.63, 3.8) is 0 Å². The number of anilines is 1. The number of aliphatic imine (C=N–C) groups is 1. The fourth-order valence-electron chi connectivity index (χ4n) is 3.17. The van der Waals surface area contributed by atoms with Crippen molar-refractivity contribution < 1.29 is 17.9 Å². The Morgan fingerprint density at radius 1 is 1.42 bits per heavy atom. The van der Waals surface area contributed by atoms with Gasteiger partial charge in [0.1, 0.15) is 5.75 Å². The van der Waals surface area contributed by atoms with Gasteiger partial charge in [0.25, 0.3) is 0 Å². The van der Waals surface area contributed by atoms with E-state index < -0.39 is 9.84 Å². The average molecular weight is 417 g/mol. The van der Waals surface area contributed by atoms with Gasteiger partial charge in [-0.05, 0) is 24.1 Å². The number of methoxy groups -OCH3 is 1. The van der Waals surface area contributed by atoms with Crippen LogP contribution in [0.3, 0.4) is 0 Å². The first kappa shape index (κ1) is 19.5. The molecule has 0 radical (unpaired) electrons. The molecule has 0 aromatic heterocycles.